The number of rotatable bonds is 5. The lowest BCUT2D eigenvalue weighted by Gasteiger charge is -2.14. The van der Waals surface area contributed by atoms with Crippen LogP contribution in [-0.4, -0.2) is 19.2 Å². The summed E-state index contributed by atoms with van der Waals surface area (Å²) in [5.41, 5.74) is 7.43. The molecule has 0 saturated carbocycles. The molecule has 0 fully saturated rings. The SMILES string of the molecule is COc1ccc(C(N)Cc2ccc(OC)nc2)c(F)c1. The topological polar surface area (TPSA) is 57.4 Å². The molecule has 0 aliphatic heterocycles. The van der Waals surface area contributed by atoms with Crippen molar-refractivity contribution in [2.45, 2.75) is 12.5 Å². The van der Waals surface area contributed by atoms with Crippen molar-refractivity contribution in [3.8, 4) is 11.6 Å². The molecule has 2 aromatic rings. The molecule has 5 heteroatoms. The quantitative estimate of drug-likeness (QED) is 0.911. The summed E-state index contributed by atoms with van der Waals surface area (Å²) in [6, 6.07) is 7.87. The average Bonchev–Trinajstić information content (AvgIpc) is 2.47. The minimum absolute atomic E-state index is 0.363. The number of methoxy groups -OCH3 is 2. The fraction of sp³-hybridized carbons (Fsp3) is 0.267. The van der Waals surface area contributed by atoms with Gasteiger partial charge in [-0.25, -0.2) is 9.37 Å². The van der Waals surface area contributed by atoms with E-state index in [0.717, 1.165) is 5.56 Å². The second-order valence-corrected chi connectivity index (χ2v) is 4.41. The van der Waals surface area contributed by atoms with Crippen LogP contribution in [0.15, 0.2) is 36.5 Å². The van der Waals surface area contributed by atoms with E-state index < -0.39 is 6.04 Å². The van der Waals surface area contributed by atoms with Gasteiger partial charge < -0.3 is 15.2 Å². The number of hydrogen-bond donors (Lipinski definition) is 1. The summed E-state index contributed by atoms with van der Waals surface area (Å²) in [6.07, 6.45) is 2.18. The summed E-state index contributed by atoms with van der Waals surface area (Å²) < 4.78 is 23.9. The first-order valence-corrected chi connectivity index (χ1v) is 6.22. The first-order valence-electron chi connectivity index (χ1n) is 6.22. The second kappa shape index (κ2) is 6.34. The average molecular weight is 276 g/mol. The molecule has 0 aliphatic rings. The molecule has 4 nitrogen and oxygen atoms in total. The van der Waals surface area contributed by atoms with Crippen molar-refractivity contribution in [3.05, 3.63) is 53.5 Å². The van der Waals surface area contributed by atoms with Crippen LogP contribution in [0.3, 0.4) is 0 Å². The van der Waals surface area contributed by atoms with E-state index in [1.807, 2.05) is 6.07 Å². The van der Waals surface area contributed by atoms with Gasteiger partial charge >= 0.3 is 0 Å². The third kappa shape index (κ3) is 3.24. The van der Waals surface area contributed by atoms with Gasteiger partial charge in [0.05, 0.1) is 14.2 Å². The summed E-state index contributed by atoms with van der Waals surface area (Å²) in [6.45, 7) is 0. The number of pyridine rings is 1. The van der Waals surface area contributed by atoms with Crippen molar-refractivity contribution >= 4 is 0 Å². The van der Waals surface area contributed by atoms with E-state index in [1.165, 1.54) is 13.2 Å². The largest absolute Gasteiger partial charge is 0.497 e. The Labute approximate surface area is 117 Å². The van der Waals surface area contributed by atoms with Gasteiger partial charge in [0.2, 0.25) is 5.88 Å². The summed E-state index contributed by atoms with van der Waals surface area (Å²) in [7, 11) is 3.05. The molecule has 0 aliphatic carbocycles. The number of nitrogens with zero attached hydrogens (tertiary/aromatic N) is 1. The molecule has 2 rings (SSSR count). The summed E-state index contributed by atoms with van der Waals surface area (Å²) >= 11 is 0. The maximum atomic E-state index is 13.9. The lowest BCUT2D eigenvalue weighted by atomic mass is 10.00. The predicted molar refractivity (Wildman–Crippen MR) is 74.4 cm³/mol. The van der Waals surface area contributed by atoms with Crippen LogP contribution < -0.4 is 15.2 Å². The normalized spacial score (nSPS) is 12.0. The van der Waals surface area contributed by atoms with Gasteiger partial charge in [-0.1, -0.05) is 12.1 Å². The highest BCUT2D eigenvalue weighted by Gasteiger charge is 2.13. The Bertz CT molecular complexity index is 573. The summed E-state index contributed by atoms with van der Waals surface area (Å²) in [5, 5.41) is 0. The van der Waals surface area contributed by atoms with Crippen LogP contribution in [0.5, 0.6) is 11.6 Å². The van der Waals surface area contributed by atoms with Gasteiger partial charge in [0.1, 0.15) is 11.6 Å². The smallest absolute Gasteiger partial charge is 0.212 e. The molecule has 0 saturated heterocycles. The molecule has 0 amide bonds. The van der Waals surface area contributed by atoms with E-state index in [0.29, 0.717) is 23.6 Å². The first kappa shape index (κ1) is 14.3. The Hall–Kier alpha value is -2.14. The lowest BCUT2D eigenvalue weighted by Crippen LogP contribution is -2.15. The molecule has 1 heterocycles. The van der Waals surface area contributed by atoms with Crippen LogP contribution in [0.4, 0.5) is 4.39 Å². The summed E-state index contributed by atoms with van der Waals surface area (Å²) in [5.74, 6) is 0.654. The molecule has 1 unspecified atom stereocenters. The third-order valence-electron chi connectivity index (χ3n) is 3.07. The third-order valence-corrected chi connectivity index (χ3v) is 3.07. The molecular weight excluding hydrogens is 259 g/mol. The maximum Gasteiger partial charge on any atom is 0.212 e. The van der Waals surface area contributed by atoms with E-state index in [-0.39, 0.29) is 5.82 Å². The van der Waals surface area contributed by atoms with E-state index >= 15 is 0 Å². The van der Waals surface area contributed by atoms with Crippen LogP contribution >= 0.6 is 0 Å². The number of hydrogen-bond acceptors (Lipinski definition) is 4. The van der Waals surface area contributed by atoms with Crippen LogP contribution in [-0.2, 0) is 6.42 Å². The van der Waals surface area contributed by atoms with E-state index in [9.17, 15) is 4.39 Å². The Morgan fingerprint density at radius 2 is 2.00 bits per heavy atom. The van der Waals surface area contributed by atoms with E-state index in [1.54, 1.807) is 31.5 Å². The van der Waals surface area contributed by atoms with Gasteiger partial charge in [-0.3, -0.25) is 0 Å². The Morgan fingerprint density at radius 3 is 2.55 bits per heavy atom. The fourth-order valence-electron chi connectivity index (χ4n) is 1.95. The molecule has 1 atom stereocenters. The van der Waals surface area contributed by atoms with Gasteiger partial charge in [0.25, 0.3) is 0 Å². The van der Waals surface area contributed by atoms with Crippen molar-refractivity contribution in [2.24, 2.45) is 5.73 Å². The van der Waals surface area contributed by atoms with Gasteiger partial charge in [0, 0.05) is 29.9 Å². The van der Waals surface area contributed by atoms with Crippen LogP contribution in [0.25, 0.3) is 0 Å². The molecule has 0 radical (unpaired) electrons. The van der Waals surface area contributed by atoms with Crippen molar-refractivity contribution in [2.75, 3.05) is 14.2 Å². The van der Waals surface area contributed by atoms with Crippen molar-refractivity contribution in [1.29, 1.82) is 0 Å². The molecule has 1 aromatic heterocycles. The molecule has 0 bridgehead atoms. The van der Waals surface area contributed by atoms with Crippen molar-refractivity contribution in [3.63, 3.8) is 0 Å². The summed E-state index contributed by atoms with van der Waals surface area (Å²) in [4.78, 5) is 4.10. The molecule has 20 heavy (non-hydrogen) atoms. The van der Waals surface area contributed by atoms with Crippen LogP contribution in [0, 0.1) is 5.82 Å². The molecule has 106 valence electrons. The Morgan fingerprint density at radius 1 is 1.20 bits per heavy atom. The zero-order valence-electron chi connectivity index (χ0n) is 11.5. The molecule has 2 N–H and O–H groups in total. The zero-order chi connectivity index (χ0) is 14.5. The minimum atomic E-state index is -0.434. The second-order valence-electron chi connectivity index (χ2n) is 4.41. The standard InChI is InChI=1S/C15H17FN2O2/c1-19-11-4-5-12(13(16)8-11)14(17)7-10-3-6-15(20-2)18-9-10/h3-6,8-9,14H,7,17H2,1-2H3. The van der Waals surface area contributed by atoms with E-state index in [4.69, 9.17) is 15.2 Å². The monoisotopic (exact) mass is 276 g/mol. The fourth-order valence-corrected chi connectivity index (χ4v) is 1.95. The highest BCUT2D eigenvalue weighted by atomic mass is 19.1. The Balaban J connectivity index is 2.12. The highest BCUT2D eigenvalue weighted by Crippen LogP contribution is 2.23. The molecule has 0 spiro atoms. The predicted octanol–water partition coefficient (Wildman–Crippen LogP) is 2.48. The zero-order valence-corrected chi connectivity index (χ0v) is 11.5. The minimum Gasteiger partial charge on any atom is -0.497 e. The highest BCUT2D eigenvalue weighted by molar-refractivity contribution is 5.32. The van der Waals surface area contributed by atoms with Gasteiger partial charge in [-0.05, 0) is 18.1 Å². The maximum absolute atomic E-state index is 13.9. The van der Waals surface area contributed by atoms with E-state index in [2.05, 4.69) is 4.98 Å². The van der Waals surface area contributed by atoms with Crippen LogP contribution in [0.2, 0.25) is 0 Å². The lowest BCUT2D eigenvalue weighted by molar-refractivity contribution is 0.397. The number of ether oxygens (including phenoxy) is 2. The molecular formula is C15H17FN2O2. The molecule has 1 aromatic carbocycles. The van der Waals surface area contributed by atoms with Crippen molar-refractivity contribution in [1.82, 2.24) is 4.98 Å². The number of nitrogens with two attached hydrogens (primary N) is 1. The first-order chi connectivity index (χ1) is 9.63. The van der Waals surface area contributed by atoms with Crippen LogP contribution in [0.1, 0.15) is 17.2 Å². The number of halogens is 1. The number of aromatic nitrogens is 1. The van der Waals surface area contributed by atoms with Gasteiger partial charge in [0.15, 0.2) is 0 Å². The van der Waals surface area contributed by atoms with Crippen molar-refractivity contribution < 1.29 is 13.9 Å². The van der Waals surface area contributed by atoms with Gasteiger partial charge in [-0.2, -0.15) is 0 Å². The Kier molecular flexibility index (Phi) is 4.53. The number of benzene rings is 1. The van der Waals surface area contributed by atoms with Gasteiger partial charge in [-0.15, -0.1) is 0 Å².